The normalized spacial score (nSPS) is 10.2. The highest BCUT2D eigenvalue weighted by molar-refractivity contribution is 5.20. The summed E-state index contributed by atoms with van der Waals surface area (Å²) in [6.07, 6.45) is 0.973. The third kappa shape index (κ3) is 2.62. The molecule has 0 saturated carbocycles. The molecule has 0 N–H and O–H groups in total. The van der Waals surface area contributed by atoms with Gasteiger partial charge in [0.1, 0.15) is 0 Å². The van der Waals surface area contributed by atoms with E-state index in [0.717, 1.165) is 24.4 Å². The Morgan fingerprint density at radius 2 is 1.83 bits per heavy atom. The molecule has 0 bridgehead atoms. The van der Waals surface area contributed by atoms with Crippen molar-refractivity contribution >= 4 is 0 Å². The van der Waals surface area contributed by atoms with Crippen molar-refractivity contribution in [2.45, 2.75) is 20.3 Å². The van der Waals surface area contributed by atoms with Gasteiger partial charge in [0, 0.05) is 18.5 Å². The zero-order chi connectivity index (χ0) is 8.97. The molecule has 2 nitrogen and oxygen atoms in total. The van der Waals surface area contributed by atoms with Gasteiger partial charge < -0.3 is 4.74 Å². The molecule has 0 aliphatic rings. The average molecular weight is 165 g/mol. The van der Waals surface area contributed by atoms with Gasteiger partial charge in [0.2, 0.25) is 0 Å². The van der Waals surface area contributed by atoms with E-state index in [9.17, 15) is 0 Å². The summed E-state index contributed by atoms with van der Waals surface area (Å²) in [5, 5.41) is 0. The highest BCUT2D eigenvalue weighted by Gasteiger charge is 1.95. The maximum absolute atomic E-state index is 5.01. The van der Waals surface area contributed by atoms with E-state index in [1.165, 1.54) is 5.56 Å². The van der Waals surface area contributed by atoms with Crippen LogP contribution >= 0.6 is 0 Å². The van der Waals surface area contributed by atoms with Crippen LogP contribution in [0.4, 0.5) is 0 Å². The second-order valence-corrected chi connectivity index (χ2v) is 3.00. The van der Waals surface area contributed by atoms with E-state index in [4.69, 9.17) is 4.74 Å². The van der Waals surface area contributed by atoms with Crippen LogP contribution < -0.4 is 0 Å². The van der Waals surface area contributed by atoms with Crippen molar-refractivity contribution in [2.75, 3.05) is 13.7 Å². The Kier molecular flexibility index (Phi) is 3.23. The molecule has 0 amide bonds. The van der Waals surface area contributed by atoms with Crippen molar-refractivity contribution in [1.82, 2.24) is 4.98 Å². The van der Waals surface area contributed by atoms with E-state index in [2.05, 4.69) is 17.1 Å². The Labute approximate surface area is 73.6 Å². The first-order valence-electron chi connectivity index (χ1n) is 4.15. The van der Waals surface area contributed by atoms with Gasteiger partial charge in [-0.3, -0.25) is 4.98 Å². The van der Waals surface area contributed by atoms with Crippen LogP contribution in [0.1, 0.15) is 17.0 Å². The number of aromatic nitrogens is 1. The fourth-order valence-electron chi connectivity index (χ4n) is 1.29. The second kappa shape index (κ2) is 4.21. The summed E-state index contributed by atoms with van der Waals surface area (Å²) < 4.78 is 5.01. The largest absolute Gasteiger partial charge is 0.384 e. The molecule has 1 rings (SSSR count). The smallest absolute Gasteiger partial charge is 0.0502 e. The number of pyridine rings is 1. The lowest BCUT2D eigenvalue weighted by Gasteiger charge is -2.02. The molecule has 0 unspecified atom stereocenters. The van der Waals surface area contributed by atoms with Crippen molar-refractivity contribution in [2.24, 2.45) is 0 Å². The summed E-state index contributed by atoms with van der Waals surface area (Å²) in [5.41, 5.74) is 3.48. The Morgan fingerprint density at radius 3 is 2.33 bits per heavy atom. The van der Waals surface area contributed by atoms with E-state index in [1.54, 1.807) is 7.11 Å². The van der Waals surface area contributed by atoms with Crippen molar-refractivity contribution in [3.05, 3.63) is 29.1 Å². The summed E-state index contributed by atoms with van der Waals surface area (Å²) >= 11 is 0. The SMILES string of the molecule is COCCc1cc(C)nc(C)c1. The van der Waals surface area contributed by atoms with Crippen LogP contribution in [0, 0.1) is 13.8 Å². The van der Waals surface area contributed by atoms with Crippen LogP contribution in [0.25, 0.3) is 0 Å². The van der Waals surface area contributed by atoms with Gasteiger partial charge >= 0.3 is 0 Å². The molecule has 0 atom stereocenters. The molecular weight excluding hydrogens is 150 g/mol. The van der Waals surface area contributed by atoms with Crippen LogP contribution in [-0.2, 0) is 11.2 Å². The first-order valence-corrected chi connectivity index (χ1v) is 4.15. The zero-order valence-electron chi connectivity index (χ0n) is 7.92. The summed E-state index contributed by atoms with van der Waals surface area (Å²) in [5.74, 6) is 0. The minimum atomic E-state index is 0.781. The van der Waals surface area contributed by atoms with Crippen LogP contribution in [-0.4, -0.2) is 18.7 Å². The Bertz CT molecular complexity index is 238. The summed E-state index contributed by atoms with van der Waals surface area (Å²) in [6, 6.07) is 4.21. The number of methoxy groups -OCH3 is 1. The third-order valence-corrected chi connectivity index (χ3v) is 1.74. The summed E-state index contributed by atoms with van der Waals surface area (Å²) in [7, 11) is 1.72. The zero-order valence-corrected chi connectivity index (χ0v) is 7.92. The van der Waals surface area contributed by atoms with Crippen molar-refractivity contribution in [3.63, 3.8) is 0 Å². The lowest BCUT2D eigenvalue weighted by molar-refractivity contribution is 0.202. The van der Waals surface area contributed by atoms with Gasteiger partial charge in [0.15, 0.2) is 0 Å². The van der Waals surface area contributed by atoms with Gasteiger partial charge in [-0.2, -0.15) is 0 Å². The molecule has 12 heavy (non-hydrogen) atoms. The topological polar surface area (TPSA) is 22.1 Å². The van der Waals surface area contributed by atoms with Crippen LogP contribution in [0.3, 0.4) is 0 Å². The number of hydrogen-bond donors (Lipinski definition) is 0. The van der Waals surface area contributed by atoms with Gasteiger partial charge in [-0.05, 0) is 38.0 Å². The molecule has 0 aliphatic carbocycles. The van der Waals surface area contributed by atoms with E-state index in [1.807, 2.05) is 13.8 Å². The van der Waals surface area contributed by atoms with E-state index in [-0.39, 0.29) is 0 Å². The summed E-state index contributed by atoms with van der Waals surface area (Å²) in [4.78, 5) is 4.30. The highest BCUT2D eigenvalue weighted by Crippen LogP contribution is 2.05. The molecule has 0 aromatic carbocycles. The molecule has 0 radical (unpaired) electrons. The van der Waals surface area contributed by atoms with E-state index in [0.29, 0.717) is 0 Å². The minimum Gasteiger partial charge on any atom is -0.384 e. The van der Waals surface area contributed by atoms with Gasteiger partial charge in [0.25, 0.3) is 0 Å². The number of hydrogen-bond acceptors (Lipinski definition) is 2. The number of rotatable bonds is 3. The molecule has 66 valence electrons. The molecule has 2 heteroatoms. The van der Waals surface area contributed by atoms with Gasteiger partial charge in [0.05, 0.1) is 6.61 Å². The van der Waals surface area contributed by atoms with Crippen molar-refractivity contribution < 1.29 is 4.74 Å². The molecule has 1 aromatic rings. The van der Waals surface area contributed by atoms with Crippen molar-refractivity contribution in [3.8, 4) is 0 Å². The van der Waals surface area contributed by atoms with E-state index >= 15 is 0 Å². The van der Waals surface area contributed by atoms with Crippen LogP contribution in [0.2, 0.25) is 0 Å². The Balaban J connectivity index is 2.72. The first kappa shape index (κ1) is 9.20. The molecular formula is C10H15NO. The molecule has 0 aliphatic heterocycles. The fourth-order valence-corrected chi connectivity index (χ4v) is 1.29. The quantitative estimate of drug-likeness (QED) is 0.682. The van der Waals surface area contributed by atoms with Gasteiger partial charge in [-0.15, -0.1) is 0 Å². The minimum absolute atomic E-state index is 0.781. The van der Waals surface area contributed by atoms with Crippen LogP contribution in [0.15, 0.2) is 12.1 Å². The molecule has 0 spiro atoms. The van der Waals surface area contributed by atoms with Crippen molar-refractivity contribution in [1.29, 1.82) is 0 Å². The van der Waals surface area contributed by atoms with Gasteiger partial charge in [-0.25, -0.2) is 0 Å². The third-order valence-electron chi connectivity index (χ3n) is 1.74. The maximum Gasteiger partial charge on any atom is 0.0502 e. The Hall–Kier alpha value is -0.890. The monoisotopic (exact) mass is 165 g/mol. The average Bonchev–Trinajstić information content (AvgIpc) is 1.99. The predicted molar refractivity (Wildman–Crippen MR) is 49.3 cm³/mol. The molecule has 0 saturated heterocycles. The lowest BCUT2D eigenvalue weighted by Crippen LogP contribution is -1.97. The fraction of sp³-hybridized carbons (Fsp3) is 0.500. The molecule has 0 fully saturated rings. The second-order valence-electron chi connectivity index (χ2n) is 3.00. The number of aryl methyl sites for hydroxylation is 2. The molecule has 1 heterocycles. The first-order chi connectivity index (χ1) is 5.72. The lowest BCUT2D eigenvalue weighted by atomic mass is 10.1. The van der Waals surface area contributed by atoms with Crippen LogP contribution in [0.5, 0.6) is 0 Å². The van der Waals surface area contributed by atoms with Gasteiger partial charge in [-0.1, -0.05) is 0 Å². The predicted octanol–water partition coefficient (Wildman–Crippen LogP) is 1.89. The standard InChI is InChI=1S/C10H15NO/c1-8-6-10(4-5-12-3)7-9(2)11-8/h6-7H,4-5H2,1-3H3. The maximum atomic E-state index is 5.01. The Morgan fingerprint density at radius 1 is 1.25 bits per heavy atom. The number of ether oxygens (including phenoxy) is 1. The van der Waals surface area contributed by atoms with E-state index < -0.39 is 0 Å². The molecule has 1 aromatic heterocycles. The highest BCUT2D eigenvalue weighted by atomic mass is 16.5. The number of nitrogens with zero attached hydrogens (tertiary/aromatic N) is 1. The summed E-state index contributed by atoms with van der Waals surface area (Å²) in [6.45, 7) is 4.81.